The van der Waals surface area contributed by atoms with Crippen molar-refractivity contribution in [3.05, 3.63) is 101 Å². The molecule has 0 amide bonds. The molecule has 0 spiro atoms. The number of para-hydroxylation sites is 1. The highest BCUT2D eigenvalue weighted by Crippen LogP contribution is 2.33. The third-order valence-corrected chi connectivity index (χ3v) is 8.27. The number of hydrogen-bond acceptors (Lipinski definition) is 7. The Hall–Kier alpha value is -4.47. The van der Waals surface area contributed by atoms with Crippen molar-refractivity contribution < 1.29 is 4.74 Å². The van der Waals surface area contributed by atoms with Gasteiger partial charge in [0.05, 0.1) is 42.7 Å². The van der Waals surface area contributed by atoms with Gasteiger partial charge in [0.1, 0.15) is 12.0 Å². The monoisotopic (exact) mass is 559 g/mol. The average molecular weight is 560 g/mol. The Labute approximate surface area is 244 Å². The molecule has 212 valence electrons. The van der Waals surface area contributed by atoms with E-state index in [0.29, 0.717) is 11.8 Å². The molecule has 9 heteroatoms. The fourth-order valence-corrected chi connectivity index (χ4v) is 6.05. The zero-order valence-electron chi connectivity index (χ0n) is 23.7. The van der Waals surface area contributed by atoms with Gasteiger partial charge in [-0.25, -0.2) is 9.97 Å². The first-order valence-corrected chi connectivity index (χ1v) is 14.6. The van der Waals surface area contributed by atoms with Crippen LogP contribution in [-0.2, 0) is 24.1 Å². The molecule has 1 atom stereocenters. The molecule has 3 aromatic heterocycles. The van der Waals surface area contributed by atoms with Crippen molar-refractivity contribution in [2.24, 2.45) is 4.99 Å². The van der Waals surface area contributed by atoms with Crippen molar-refractivity contribution in [3.8, 4) is 16.8 Å². The van der Waals surface area contributed by atoms with Crippen molar-refractivity contribution in [2.75, 3.05) is 32.8 Å². The molecule has 2 aromatic carbocycles. The summed E-state index contributed by atoms with van der Waals surface area (Å²) in [7, 11) is 0. The lowest BCUT2D eigenvalue weighted by Gasteiger charge is -2.26. The molecule has 2 aliphatic rings. The second-order valence-electron chi connectivity index (χ2n) is 11.0. The van der Waals surface area contributed by atoms with Gasteiger partial charge in [-0.3, -0.25) is 23.9 Å². The number of hydrogen-bond donors (Lipinski definition) is 0. The van der Waals surface area contributed by atoms with Gasteiger partial charge in [-0.1, -0.05) is 43.3 Å². The van der Waals surface area contributed by atoms with Crippen molar-refractivity contribution in [2.45, 2.75) is 32.2 Å². The van der Waals surface area contributed by atoms with E-state index in [1.54, 1.807) is 6.33 Å². The Balaban J connectivity index is 1.28. The number of pyridine rings is 1. The highest BCUT2D eigenvalue weighted by Gasteiger charge is 2.22. The van der Waals surface area contributed by atoms with E-state index >= 15 is 0 Å². The number of aliphatic imine (C=N–C) groups is 1. The lowest BCUT2D eigenvalue weighted by molar-refractivity contribution is 0.0360. The number of morpholine rings is 1. The SMILES string of the molecule is C[C@H](Cc1ncnc2c1N=CC2)c1cc2cccc(-c3cnn(CCN4CCOCC4)c3)c2c(=O)n1-c1ccccc1. The summed E-state index contributed by atoms with van der Waals surface area (Å²) < 4.78 is 9.31. The Bertz CT molecular complexity index is 1820. The molecule has 0 unspecified atom stereocenters. The van der Waals surface area contributed by atoms with Gasteiger partial charge in [-0.2, -0.15) is 5.10 Å². The first kappa shape index (κ1) is 26.4. The number of aromatic nitrogens is 5. The van der Waals surface area contributed by atoms with Crippen LogP contribution in [-0.4, -0.2) is 68.3 Å². The van der Waals surface area contributed by atoms with Crippen LogP contribution in [0.3, 0.4) is 0 Å². The fourth-order valence-electron chi connectivity index (χ4n) is 6.05. The van der Waals surface area contributed by atoms with E-state index in [2.05, 4.69) is 37.9 Å². The number of fused-ring (bicyclic) bond motifs is 2. The van der Waals surface area contributed by atoms with Gasteiger partial charge in [-0.05, 0) is 29.1 Å². The maximum absolute atomic E-state index is 14.5. The summed E-state index contributed by atoms with van der Waals surface area (Å²) in [6.45, 7) is 7.32. The second kappa shape index (κ2) is 11.4. The van der Waals surface area contributed by atoms with Gasteiger partial charge in [0.25, 0.3) is 5.56 Å². The molecule has 5 aromatic rings. The average Bonchev–Trinajstić information content (AvgIpc) is 3.71. The largest absolute Gasteiger partial charge is 0.379 e. The van der Waals surface area contributed by atoms with E-state index in [4.69, 9.17) is 4.74 Å². The van der Waals surface area contributed by atoms with Crippen LogP contribution in [0.15, 0.2) is 83.1 Å². The molecule has 1 saturated heterocycles. The van der Waals surface area contributed by atoms with Crippen LogP contribution in [0.1, 0.15) is 29.9 Å². The van der Waals surface area contributed by atoms with Gasteiger partial charge < -0.3 is 4.74 Å². The van der Waals surface area contributed by atoms with E-state index in [0.717, 1.165) is 90.8 Å². The van der Waals surface area contributed by atoms with E-state index in [1.807, 2.05) is 76.4 Å². The molecule has 5 heterocycles. The number of ether oxygens (including phenoxy) is 1. The minimum Gasteiger partial charge on any atom is -0.379 e. The molecule has 42 heavy (non-hydrogen) atoms. The molecule has 9 nitrogen and oxygen atoms in total. The lowest BCUT2D eigenvalue weighted by atomic mass is 9.95. The van der Waals surface area contributed by atoms with E-state index in [1.165, 1.54) is 0 Å². The van der Waals surface area contributed by atoms with Crippen LogP contribution >= 0.6 is 0 Å². The summed E-state index contributed by atoms with van der Waals surface area (Å²) in [5.41, 5.74) is 6.30. The normalized spacial score (nSPS) is 15.7. The standard InChI is InChI=1S/C33H33N7O2/c1-23(18-29-32-28(10-11-34-32)35-22-36-29)30-19-24-6-5-9-27(31(24)33(41)40(30)26-7-3-2-4-8-26)25-20-37-39(21-25)13-12-38-14-16-42-17-15-38/h2-9,11,19-23H,10,12-18H2,1H3/t23-/m1/s1. The summed E-state index contributed by atoms with van der Waals surface area (Å²) in [6.07, 6.45) is 8.80. The van der Waals surface area contributed by atoms with Crippen molar-refractivity contribution >= 4 is 22.7 Å². The first-order chi connectivity index (χ1) is 20.7. The minimum absolute atomic E-state index is 0.00343. The highest BCUT2D eigenvalue weighted by molar-refractivity contribution is 5.96. The predicted molar refractivity (Wildman–Crippen MR) is 164 cm³/mol. The number of rotatable bonds is 8. The molecular formula is C33H33N7O2. The van der Waals surface area contributed by atoms with Crippen LogP contribution in [0.25, 0.3) is 27.6 Å². The van der Waals surface area contributed by atoms with Crippen LogP contribution in [0.2, 0.25) is 0 Å². The quantitative estimate of drug-likeness (QED) is 0.277. The van der Waals surface area contributed by atoms with Crippen molar-refractivity contribution in [1.82, 2.24) is 29.2 Å². The third-order valence-electron chi connectivity index (χ3n) is 8.27. The zero-order chi connectivity index (χ0) is 28.5. The van der Waals surface area contributed by atoms with E-state index in [-0.39, 0.29) is 11.5 Å². The Kier molecular flexibility index (Phi) is 7.19. The highest BCUT2D eigenvalue weighted by atomic mass is 16.5. The zero-order valence-corrected chi connectivity index (χ0v) is 23.7. The Morgan fingerprint density at radius 2 is 1.86 bits per heavy atom. The van der Waals surface area contributed by atoms with Crippen LogP contribution in [0.5, 0.6) is 0 Å². The fraction of sp³-hybridized carbons (Fsp3) is 0.303. The van der Waals surface area contributed by atoms with Gasteiger partial charge >= 0.3 is 0 Å². The lowest BCUT2D eigenvalue weighted by Crippen LogP contribution is -2.38. The predicted octanol–water partition coefficient (Wildman–Crippen LogP) is 4.58. The summed E-state index contributed by atoms with van der Waals surface area (Å²) >= 11 is 0. The second-order valence-corrected chi connectivity index (χ2v) is 11.0. The van der Waals surface area contributed by atoms with Gasteiger partial charge in [0.2, 0.25) is 0 Å². The maximum Gasteiger partial charge on any atom is 0.263 e. The maximum atomic E-state index is 14.5. The van der Waals surface area contributed by atoms with E-state index in [9.17, 15) is 4.79 Å². The Morgan fingerprint density at radius 3 is 2.71 bits per heavy atom. The number of nitrogens with zero attached hydrogens (tertiary/aromatic N) is 7. The molecule has 0 bridgehead atoms. The first-order valence-electron chi connectivity index (χ1n) is 14.6. The summed E-state index contributed by atoms with van der Waals surface area (Å²) in [4.78, 5) is 30.4. The summed E-state index contributed by atoms with van der Waals surface area (Å²) in [6, 6.07) is 18.1. The topological polar surface area (TPSA) is 90.4 Å². The van der Waals surface area contributed by atoms with Gasteiger partial charge in [0.15, 0.2) is 0 Å². The third kappa shape index (κ3) is 5.06. The molecule has 0 aliphatic carbocycles. The van der Waals surface area contributed by atoms with Gasteiger partial charge in [0, 0.05) is 67.8 Å². The molecule has 0 N–H and O–H groups in total. The van der Waals surface area contributed by atoms with Crippen LogP contribution < -0.4 is 5.56 Å². The Morgan fingerprint density at radius 1 is 1.00 bits per heavy atom. The van der Waals surface area contributed by atoms with Gasteiger partial charge in [-0.15, -0.1) is 0 Å². The van der Waals surface area contributed by atoms with Crippen LogP contribution in [0.4, 0.5) is 5.69 Å². The molecule has 2 aliphatic heterocycles. The summed E-state index contributed by atoms with van der Waals surface area (Å²) in [5.74, 6) is 0.00343. The molecule has 1 fully saturated rings. The molecule has 7 rings (SSSR count). The summed E-state index contributed by atoms with van der Waals surface area (Å²) in [5, 5.41) is 6.25. The number of benzene rings is 2. The smallest absolute Gasteiger partial charge is 0.263 e. The van der Waals surface area contributed by atoms with Crippen molar-refractivity contribution in [3.63, 3.8) is 0 Å². The minimum atomic E-state index is -0.0387. The molecular weight excluding hydrogens is 526 g/mol. The molecule has 0 saturated carbocycles. The van der Waals surface area contributed by atoms with E-state index < -0.39 is 0 Å². The van der Waals surface area contributed by atoms with Crippen molar-refractivity contribution in [1.29, 1.82) is 0 Å². The van der Waals surface area contributed by atoms with Crippen LogP contribution in [0, 0.1) is 0 Å². The molecule has 0 radical (unpaired) electrons.